The van der Waals surface area contributed by atoms with Gasteiger partial charge in [-0.3, -0.25) is 10.1 Å². The lowest BCUT2D eigenvalue weighted by Gasteiger charge is -2.11. The standard InChI is InChI=1S/C13H9F3N2O3/c14-13(15,16)8-2-1-3-10(6-8)21-12-5-4-9(18(19)20)7-11(12)17/h1-7H,17H2. The number of nitrogen functional groups attached to an aromatic ring is 1. The lowest BCUT2D eigenvalue weighted by molar-refractivity contribution is -0.384. The van der Waals surface area contributed by atoms with Crippen molar-refractivity contribution in [2.45, 2.75) is 6.18 Å². The molecule has 2 aromatic carbocycles. The SMILES string of the molecule is Nc1cc([N+](=O)[O-])ccc1Oc1cccc(C(F)(F)F)c1. The quantitative estimate of drug-likeness (QED) is 0.528. The summed E-state index contributed by atoms with van der Waals surface area (Å²) in [6.07, 6.45) is -4.49. The Labute approximate surface area is 116 Å². The van der Waals surface area contributed by atoms with Crippen molar-refractivity contribution >= 4 is 11.4 Å². The molecule has 2 N–H and O–H groups in total. The predicted molar refractivity (Wildman–Crippen MR) is 69.0 cm³/mol. The molecule has 0 unspecified atom stereocenters. The Balaban J connectivity index is 2.28. The van der Waals surface area contributed by atoms with Crippen molar-refractivity contribution in [2.75, 3.05) is 5.73 Å². The molecule has 8 heteroatoms. The highest BCUT2D eigenvalue weighted by atomic mass is 19.4. The highest BCUT2D eigenvalue weighted by Gasteiger charge is 2.30. The van der Waals surface area contributed by atoms with E-state index in [9.17, 15) is 23.3 Å². The number of hydrogen-bond acceptors (Lipinski definition) is 4. The molecular weight excluding hydrogens is 289 g/mol. The second-order valence-electron chi connectivity index (χ2n) is 4.11. The van der Waals surface area contributed by atoms with Gasteiger partial charge in [-0.05, 0) is 24.3 Å². The third-order valence-electron chi connectivity index (χ3n) is 2.59. The zero-order chi connectivity index (χ0) is 15.6. The van der Waals surface area contributed by atoms with E-state index in [2.05, 4.69) is 0 Å². The van der Waals surface area contributed by atoms with Gasteiger partial charge in [0.1, 0.15) is 5.75 Å². The summed E-state index contributed by atoms with van der Waals surface area (Å²) in [5.41, 5.74) is 4.45. The minimum atomic E-state index is -4.49. The Bertz CT molecular complexity index is 687. The van der Waals surface area contributed by atoms with Crippen LogP contribution in [-0.4, -0.2) is 4.92 Å². The molecule has 5 nitrogen and oxygen atoms in total. The third kappa shape index (κ3) is 3.41. The van der Waals surface area contributed by atoms with Gasteiger partial charge < -0.3 is 10.5 Å². The first kappa shape index (κ1) is 14.6. The summed E-state index contributed by atoms with van der Waals surface area (Å²) in [7, 11) is 0. The van der Waals surface area contributed by atoms with E-state index in [4.69, 9.17) is 10.5 Å². The number of benzene rings is 2. The van der Waals surface area contributed by atoms with E-state index in [1.807, 2.05) is 0 Å². The van der Waals surface area contributed by atoms with Crippen LogP contribution in [0.5, 0.6) is 11.5 Å². The summed E-state index contributed by atoms with van der Waals surface area (Å²) < 4.78 is 42.9. The molecule has 110 valence electrons. The first-order valence-electron chi connectivity index (χ1n) is 5.66. The summed E-state index contributed by atoms with van der Waals surface area (Å²) in [4.78, 5) is 9.93. The number of ether oxygens (including phenoxy) is 1. The number of rotatable bonds is 3. The monoisotopic (exact) mass is 298 g/mol. The van der Waals surface area contributed by atoms with Crippen LogP contribution in [0.15, 0.2) is 42.5 Å². The lowest BCUT2D eigenvalue weighted by Crippen LogP contribution is -2.04. The maximum absolute atomic E-state index is 12.6. The van der Waals surface area contributed by atoms with Gasteiger partial charge in [-0.15, -0.1) is 0 Å². The van der Waals surface area contributed by atoms with E-state index in [-0.39, 0.29) is 22.9 Å². The molecule has 0 heterocycles. The van der Waals surface area contributed by atoms with Crippen molar-refractivity contribution in [2.24, 2.45) is 0 Å². The topological polar surface area (TPSA) is 78.4 Å². The van der Waals surface area contributed by atoms with Gasteiger partial charge in [0.25, 0.3) is 5.69 Å². The van der Waals surface area contributed by atoms with Crippen LogP contribution in [0.1, 0.15) is 5.56 Å². The number of hydrogen-bond donors (Lipinski definition) is 1. The molecule has 0 saturated carbocycles. The molecule has 21 heavy (non-hydrogen) atoms. The number of nitrogens with zero attached hydrogens (tertiary/aromatic N) is 1. The van der Waals surface area contributed by atoms with Crippen molar-refractivity contribution < 1.29 is 22.8 Å². The number of anilines is 1. The number of nitro groups is 1. The van der Waals surface area contributed by atoms with Gasteiger partial charge in [-0.1, -0.05) is 6.07 Å². The molecule has 0 aliphatic heterocycles. The number of alkyl halides is 3. The van der Waals surface area contributed by atoms with Crippen LogP contribution in [0.2, 0.25) is 0 Å². The van der Waals surface area contributed by atoms with Crippen LogP contribution in [0.3, 0.4) is 0 Å². The number of nitrogens with two attached hydrogens (primary N) is 1. The fourth-order valence-corrected chi connectivity index (χ4v) is 1.61. The van der Waals surface area contributed by atoms with Crippen LogP contribution in [0, 0.1) is 10.1 Å². The average Bonchev–Trinajstić information content (AvgIpc) is 2.40. The Kier molecular flexibility index (Phi) is 3.70. The van der Waals surface area contributed by atoms with Crippen molar-refractivity contribution in [3.63, 3.8) is 0 Å². The Morgan fingerprint density at radius 2 is 1.86 bits per heavy atom. The molecule has 2 rings (SSSR count). The Morgan fingerprint density at radius 3 is 2.43 bits per heavy atom. The van der Waals surface area contributed by atoms with Crippen LogP contribution in [0.25, 0.3) is 0 Å². The molecule has 0 aliphatic carbocycles. The number of halogens is 3. The van der Waals surface area contributed by atoms with Crippen molar-refractivity contribution in [1.82, 2.24) is 0 Å². The highest BCUT2D eigenvalue weighted by Crippen LogP contribution is 2.34. The van der Waals surface area contributed by atoms with Gasteiger partial charge in [0, 0.05) is 12.1 Å². The van der Waals surface area contributed by atoms with E-state index in [1.54, 1.807) is 0 Å². The molecule has 0 saturated heterocycles. The molecule has 2 aromatic rings. The zero-order valence-electron chi connectivity index (χ0n) is 10.4. The number of nitro benzene ring substituents is 1. The molecule has 0 radical (unpaired) electrons. The van der Waals surface area contributed by atoms with E-state index in [0.29, 0.717) is 0 Å². The minimum Gasteiger partial charge on any atom is -0.455 e. The lowest BCUT2D eigenvalue weighted by atomic mass is 10.2. The highest BCUT2D eigenvalue weighted by molar-refractivity contribution is 5.59. The normalized spacial score (nSPS) is 11.2. The molecule has 0 fully saturated rings. The van der Waals surface area contributed by atoms with E-state index >= 15 is 0 Å². The summed E-state index contributed by atoms with van der Waals surface area (Å²) in [6.45, 7) is 0. The van der Waals surface area contributed by atoms with Crippen molar-refractivity contribution in [3.8, 4) is 11.5 Å². The van der Waals surface area contributed by atoms with E-state index < -0.39 is 16.7 Å². The second-order valence-corrected chi connectivity index (χ2v) is 4.11. The average molecular weight is 298 g/mol. The third-order valence-corrected chi connectivity index (χ3v) is 2.59. The van der Waals surface area contributed by atoms with E-state index in [0.717, 1.165) is 24.3 Å². The van der Waals surface area contributed by atoms with Gasteiger partial charge in [0.2, 0.25) is 0 Å². The van der Waals surface area contributed by atoms with Crippen LogP contribution >= 0.6 is 0 Å². The van der Waals surface area contributed by atoms with Crippen molar-refractivity contribution in [3.05, 3.63) is 58.1 Å². The largest absolute Gasteiger partial charge is 0.455 e. The summed E-state index contributed by atoms with van der Waals surface area (Å²) >= 11 is 0. The van der Waals surface area contributed by atoms with Gasteiger partial charge in [0.05, 0.1) is 16.2 Å². The number of non-ortho nitro benzene ring substituents is 1. The molecule has 0 aliphatic rings. The molecule has 0 aromatic heterocycles. The zero-order valence-corrected chi connectivity index (χ0v) is 10.4. The summed E-state index contributed by atoms with van der Waals surface area (Å²) in [5.74, 6) is -0.0229. The Morgan fingerprint density at radius 1 is 1.14 bits per heavy atom. The first-order chi connectivity index (χ1) is 9.77. The van der Waals surface area contributed by atoms with Gasteiger partial charge in [0.15, 0.2) is 5.75 Å². The molecular formula is C13H9F3N2O3. The maximum Gasteiger partial charge on any atom is 0.416 e. The summed E-state index contributed by atoms with van der Waals surface area (Å²) in [6, 6.07) is 7.71. The smallest absolute Gasteiger partial charge is 0.416 e. The van der Waals surface area contributed by atoms with Gasteiger partial charge in [-0.25, -0.2) is 0 Å². The van der Waals surface area contributed by atoms with Gasteiger partial charge >= 0.3 is 6.18 Å². The first-order valence-corrected chi connectivity index (χ1v) is 5.66. The fourth-order valence-electron chi connectivity index (χ4n) is 1.61. The molecule has 0 atom stereocenters. The minimum absolute atomic E-state index is 0.0402. The second kappa shape index (κ2) is 5.31. The molecule has 0 spiro atoms. The fraction of sp³-hybridized carbons (Fsp3) is 0.0769. The maximum atomic E-state index is 12.6. The molecule has 0 bridgehead atoms. The van der Waals surface area contributed by atoms with Crippen molar-refractivity contribution in [1.29, 1.82) is 0 Å². The summed E-state index contributed by atoms with van der Waals surface area (Å²) in [5, 5.41) is 10.6. The van der Waals surface area contributed by atoms with E-state index in [1.165, 1.54) is 18.2 Å². The predicted octanol–water partition coefficient (Wildman–Crippen LogP) is 3.99. The molecule has 0 amide bonds. The Hall–Kier alpha value is -2.77. The van der Waals surface area contributed by atoms with Crippen LogP contribution in [0.4, 0.5) is 24.5 Å². The van der Waals surface area contributed by atoms with Crippen LogP contribution in [-0.2, 0) is 6.18 Å². The van der Waals surface area contributed by atoms with Gasteiger partial charge in [-0.2, -0.15) is 13.2 Å². The van der Waals surface area contributed by atoms with Crippen LogP contribution < -0.4 is 10.5 Å².